The maximum atomic E-state index is 5.86. The van der Waals surface area contributed by atoms with Gasteiger partial charge in [0.25, 0.3) is 0 Å². The van der Waals surface area contributed by atoms with E-state index in [0.29, 0.717) is 11.4 Å². The maximum absolute atomic E-state index is 5.86. The normalized spacial score (nSPS) is 10.1. The largest absolute Gasteiger partial charge is 0.495 e. The van der Waals surface area contributed by atoms with Crippen LogP contribution in [-0.2, 0) is 6.54 Å². The fraction of sp³-hybridized carbons (Fsp3) is 0.200. The van der Waals surface area contributed by atoms with Gasteiger partial charge in [-0.15, -0.1) is 0 Å². The third-order valence-corrected chi connectivity index (χ3v) is 2.90. The first-order valence-corrected chi connectivity index (χ1v) is 5.92. The summed E-state index contributed by atoms with van der Waals surface area (Å²) >= 11 is 0. The highest BCUT2D eigenvalue weighted by Crippen LogP contribution is 2.28. The molecule has 0 heterocycles. The van der Waals surface area contributed by atoms with Crippen LogP contribution >= 0.6 is 0 Å². The molecule has 3 heteroatoms. The number of methoxy groups -OCH3 is 1. The van der Waals surface area contributed by atoms with Crippen molar-refractivity contribution in [2.45, 2.75) is 13.5 Å². The van der Waals surface area contributed by atoms with Crippen LogP contribution in [0.2, 0.25) is 0 Å². The first kappa shape index (κ1) is 12.3. The highest BCUT2D eigenvalue weighted by molar-refractivity contribution is 5.65. The van der Waals surface area contributed by atoms with E-state index in [0.717, 1.165) is 17.8 Å². The lowest BCUT2D eigenvalue weighted by Crippen LogP contribution is -2.02. The van der Waals surface area contributed by atoms with Crippen molar-refractivity contribution in [3.05, 3.63) is 53.6 Å². The van der Waals surface area contributed by atoms with Gasteiger partial charge in [-0.25, -0.2) is 0 Å². The van der Waals surface area contributed by atoms with Crippen molar-refractivity contribution < 1.29 is 4.74 Å². The molecule has 94 valence electrons. The summed E-state index contributed by atoms with van der Waals surface area (Å²) in [6.45, 7) is 2.82. The number of nitrogen functional groups attached to an aromatic ring is 1. The topological polar surface area (TPSA) is 47.3 Å². The van der Waals surface area contributed by atoms with Gasteiger partial charge >= 0.3 is 0 Å². The van der Waals surface area contributed by atoms with Gasteiger partial charge in [-0.2, -0.15) is 0 Å². The molecule has 0 saturated carbocycles. The zero-order chi connectivity index (χ0) is 13.0. The SMILES string of the molecule is COc1cc(NCc2ccccc2)c(C)cc1N. The Morgan fingerprint density at radius 1 is 1.17 bits per heavy atom. The van der Waals surface area contributed by atoms with Crippen LogP contribution in [0.5, 0.6) is 5.75 Å². The first-order valence-electron chi connectivity index (χ1n) is 5.92. The molecule has 2 aromatic rings. The maximum Gasteiger partial charge on any atom is 0.143 e. The summed E-state index contributed by atoms with van der Waals surface area (Å²) in [5, 5.41) is 3.40. The van der Waals surface area contributed by atoms with Crippen LogP contribution < -0.4 is 15.8 Å². The van der Waals surface area contributed by atoms with Crippen LogP contribution in [-0.4, -0.2) is 7.11 Å². The quantitative estimate of drug-likeness (QED) is 0.809. The van der Waals surface area contributed by atoms with Crippen molar-refractivity contribution in [2.24, 2.45) is 0 Å². The van der Waals surface area contributed by atoms with Crippen molar-refractivity contribution in [2.75, 3.05) is 18.2 Å². The smallest absolute Gasteiger partial charge is 0.143 e. The van der Waals surface area contributed by atoms with Gasteiger partial charge in [0.1, 0.15) is 5.75 Å². The average Bonchev–Trinajstić information content (AvgIpc) is 2.39. The minimum Gasteiger partial charge on any atom is -0.495 e. The Kier molecular flexibility index (Phi) is 3.72. The van der Waals surface area contributed by atoms with Crippen LogP contribution in [0, 0.1) is 6.92 Å². The molecule has 0 radical (unpaired) electrons. The minimum atomic E-state index is 0.667. The Bertz CT molecular complexity index is 524. The molecule has 0 aliphatic heterocycles. The lowest BCUT2D eigenvalue weighted by molar-refractivity contribution is 0.417. The Balaban J connectivity index is 2.14. The van der Waals surface area contributed by atoms with Gasteiger partial charge in [0.2, 0.25) is 0 Å². The van der Waals surface area contributed by atoms with Crippen molar-refractivity contribution in [1.82, 2.24) is 0 Å². The van der Waals surface area contributed by atoms with E-state index in [4.69, 9.17) is 10.5 Å². The van der Waals surface area contributed by atoms with E-state index in [-0.39, 0.29) is 0 Å². The average molecular weight is 242 g/mol. The molecule has 3 nitrogen and oxygen atoms in total. The fourth-order valence-electron chi connectivity index (χ4n) is 1.87. The highest BCUT2D eigenvalue weighted by atomic mass is 16.5. The summed E-state index contributed by atoms with van der Waals surface area (Å²) in [4.78, 5) is 0. The van der Waals surface area contributed by atoms with Gasteiger partial charge in [-0.05, 0) is 24.1 Å². The molecule has 0 amide bonds. The second kappa shape index (κ2) is 5.45. The summed E-state index contributed by atoms with van der Waals surface area (Å²) in [6.07, 6.45) is 0. The summed E-state index contributed by atoms with van der Waals surface area (Å²) in [6, 6.07) is 14.1. The summed E-state index contributed by atoms with van der Waals surface area (Å²) in [5.74, 6) is 0.705. The highest BCUT2D eigenvalue weighted by Gasteiger charge is 2.05. The second-order valence-electron chi connectivity index (χ2n) is 4.25. The molecule has 0 atom stereocenters. The molecule has 0 unspecified atom stereocenters. The van der Waals surface area contributed by atoms with Crippen LogP contribution in [0.1, 0.15) is 11.1 Å². The number of aryl methyl sites for hydroxylation is 1. The Morgan fingerprint density at radius 2 is 1.89 bits per heavy atom. The molecule has 3 N–H and O–H groups in total. The van der Waals surface area contributed by atoms with E-state index in [1.54, 1.807) is 7.11 Å². The molecule has 0 fully saturated rings. The monoisotopic (exact) mass is 242 g/mol. The van der Waals surface area contributed by atoms with Crippen LogP contribution in [0.25, 0.3) is 0 Å². The summed E-state index contributed by atoms with van der Waals surface area (Å²) < 4.78 is 5.23. The Labute approximate surface area is 108 Å². The molecule has 0 bridgehead atoms. The zero-order valence-corrected chi connectivity index (χ0v) is 10.7. The molecule has 0 saturated heterocycles. The Morgan fingerprint density at radius 3 is 2.56 bits per heavy atom. The number of nitrogens with one attached hydrogen (secondary N) is 1. The molecule has 0 spiro atoms. The molecule has 0 aromatic heterocycles. The number of hydrogen-bond acceptors (Lipinski definition) is 3. The summed E-state index contributed by atoms with van der Waals surface area (Å²) in [5.41, 5.74) is 9.93. The van der Waals surface area contributed by atoms with Crippen molar-refractivity contribution in [3.8, 4) is 5.75 Å². The number of ether oxygens (including phenoxy) is 1. The Hall–Kier alpha value is -2.16. The van der Waals surface area contributed by atoms with E-state index < -0.39 is 0 Å². The molecular formula is C15H18N2O. The minimum absolute atomic E-state index is 0.667. The lowest BCUT2D eigenvalue weighted by atomic mass is 10.1. The predicted molar refractivity (Wildman–Crippen MR) is 75.9 cm³/mol. The van der Waals surface area contributed by atoms with Gasteiger partial charge in [0.05, 0.1) is 12.8 Å². The van der Waals surface area contributed by atoms with Crippen LogP contribution in [0.3, 0.4) is 0 Å². The number of hydrogen-bond donors (Lipinski definition) is 2. The van der Waals surface area contributed by atoms with Crippen molar-refractivity contribution in [1.29, 1.82) is 0 Å². The van der Waals surface area contributed by atoms with E-state index in [1.165, 1.54) is 5.56 Å². The second-order valence-corrected chi connectivity index (χ2v) is 4.25. The molecule has 0 aliphatic carbocycles. The number of nitrogens with two attached hydrogens (primary N) is 1. The number of rotatable bonds is 4. The zero-order valence-electron chi connectivity index (χ0n) is 10.7. The van der Waals surface area contributed by atoms with Crippen molar-refractivity contribution in [3.63, 3.8) is 0 Å². The number of anilines is 2. The third kappa shape index (κ3) is 2.74. The molecule has 2 rings (SSSR count). The van der Waals surface area contributed by atoms with Gasteiger partial charge in [-0.1, -0.05) is 30.3 Å². The predicted octanol–water partition coefficient (Wildman–Crippen LogP) is 3.20. The molecule has 2 aromatic carbocycles. The fourth-order valence-corrected chi connectivity index (χ4v) is 1.87. The van der Waals surface area contributed by atoms with Crippen molar-refractivity contribution >= 4 is 11.4 Å². The number of benzene rings is 2. The van der Waals surface area contributed by atoms with E-state index >= 15 is 0 Å². The van der Waals surface area contributed by atoms with Gasteiger partial charge in [0, 0.05) is 18.3 Å². The summed E-state index contributed by atoms with van der Waals surface area (Å²) in [7, 11) is 1.63. The molecule has 0 aliphatic rings. The van der Waals surface area contributed by atoms with Gasteiger partial charge in [-0.3, -0.25) is 0 Å². The van der Waals surface area contributed by atoms with E-state index in [9.17, 15) is 0 Å². The van der Waals surface area contributed by atoms with Crippen LogP contribution in [0.15, 0.2) is 42.5 Å². The standard InChI is InChI=1S/C15H18N2O/c1-11-8-13(16)15(18-2)9-14(11)17-10-12-6-4-3-5-7-12/h3-9,17H,10,16H2,1-2H3. The molecule has 18 heavy (non-hydrogen) atoms. The lowest BCUT2D eigenvalue weighted by Gasteiger charge is -2.13. The van der Waals surface area contributed by atoms with Crippen LogP contribution in [0.4, 0.5) is 11.4 Å². The van der Waals surface area contributed by atoms with Gasteiger partial charge in [0.15, 0.2) is 0 Å². The van der Waals surface area contributed by atoms with E-state index in [2.05, 4.69) is 17.4 Å². The first-order chi connectivity index (χ1) is 8.70. The van der Waals surface area contributed by atoms with Gasteiger partial charge < -0.3 is 15.8 Å². The van der Waals surface area contributed by atoms with E-state index in [1.807, 2.05) is 37.3 Å². The molecular weight excluding hydrogens is 224 g/mol. The third-order valence-electron chi connectivity index (χ3n) is 2.90.